The minimum atomic E-state index is -3.14. The second-order valence-electron chi connectivity index (χ2n) is 7.19. The molecule has 1 saturated heterocycles. The topological polar surface area (TPSA) is 66.5 Å². The van der Waals surface area contributed by atoms with Gasteiger partial charge in [0.2, 0.25) is 15.9 Å². The van der Waals surface area contributed by atoms with E-state index in [0.717, 1.165) is 18.4 Å². The summed E-state index contributed by atoms with van der Waals surface area (Å²) in [7, 11) is -3.14. The summed E-state index contributed by atoms with van der Waals surface area (Å²) in [4.78, 5) is 12.6. The molecule has 0 aromatic heterocycles. The van der Waals surface area contributed by atoms with Crippen molar-refractivity contribution in [3.05, 3.63) is 34.9 Å². The lowest BCUT2D eigenvalue weighted by Crippen LogP contribution is -2.43. The van der Waals surface area contributed by atoms with Crippen LogP contribution in [0.25, 0.3) is 0 Å². The Kier molecular flexibility index (Phi) is 5.49. The van der Waals surface area contributed by atoms with Gasteiger partial charge in [-0.3, -0.25) is 4.79 Å². The van der Waals surface area contributed by atoms with Crippen LogP contribution in [0.2, 0.25) is 0 Å². The van der Waals surface area contributed by atoms with Crippen molar-refractivity contribution in [1.82, 2.24) is 9.62 Å². The average molecular weight is 365 g/mol. The van der Waals surface area contributed by atoms with Crippen LogP contribution in [-0.2, 0) is 27.7 Å². The predicted molar refractivity (Wildman–Crippen MR) is 98.8 cm³/mol. The first-order valence-electron chi connectivity index (χ1n) is 9.30. The number of nitrogens with one attached hydrogen (secondary N) is 1. The molecular formula is C19H28N2O3S. The van der Waals surface area contributed by atoms with Gasteiger partial charge in [-0.2, -0.15) is 0 Å². The molecule has 138 valence electrons. The number of hydrogen-bond donors (Lipinski definition) is 1. The standard InChI is InChI=1S/C19H28N2O3S/c1-3-25(23,24)21-11-9-16(10-12-21)19(22)20-14(2)17-8-7-15-5-4-6-18(15)13-17/h7-8,13-14,16H,3-6,9-12H2,1-2H3,(H,20,22)/t14-/m0/s1. The maximum Gasteiger partial charge on any atom is 0.223 e. The molecule has 1 aliphatic carbocycles. The summed E-state index contributed by atoms with van der Waals surface area (Å²) in [5.74, 6) is 0.0703. The number of rotatable bonds is 5. The van der Waals surface area contributed by atoms with E-state index in [-0.39, 0.29) is 23.6 Å². The normalized spacial score (nSPS) is 20.2. The van der Waals surface area contributed by atoms with Crippen LogP contribution < -0.4 is 5.32 Å². The fourth-order valence-electron chi connectivity index (χ4n) is 3.85. The van der Waals surface area contributed by atoms with Crippen LogP contribution in [0.4, 0.5) is 0 Å². The Morgan fingerprint density at radius 3 is 2.60 bits per heavy atom. The fourth-order valence-corrected chi connectivity index (χ4v) is 4.99. The Labute approximate surface area is 150 Å². The Hall–Kier alpha value is -1.40. The maximum absolute atomic E-state index is 12.6. The highest BCUT2D eigenvalue weighted by Gasteiger charge is 2.30. The Morgan fingerprint density at radius 2 is 1.92 bits per heavy atom. The van der Waals surface area contributed by atoms with Crippen LogP contribution >= 0.6 is 0 Å². The largest absolute Gasteiger partial charge is 0.349 e. The number of carbonyl (C=O) groups excluding carboxylic acids is 1. The van der Waals surface area contributed by atoms with Crippen LogP contribution in [0.5, 0.6) is 0 Å². The van der Waals surface area contributed by atoms with Gasteiger partial charge in [0.05, 0.1) is 11.8 Å². The number of carbonyl (C=O) groups is 1. The van der Waals surface area contributed by atoms with E-state index in [4.69, 9.17) is 0 Å². The van der Waals surface area contributed by atoms with Gasteiger partial charge in [-0.1, -0.05) is 18.2 Å². The van der Waals surface area contributed by atoms with Gasteiger partial charge in [0.25, 0.3) is 0 Å². The monoisotopic (exact) mass is 364 g/mol. The maximum atomic E-state index is 12.6. The molecule has 1 atom stereocenters. The van der Waals surface area contributed by atoms with E-state index in [1.165, 1.54) is 21.9 Å². The summed E-state index contributed by atoms with van der Waals surface area (Å²) in [6, 6.07) is 6.51. The third-order valence-electron chi connectivity index (χ3n) is 5.56. The van der Waals surface area contributed by atoms with Crippen molar-refractivity contribution in [2.45, 2.75) is 52.0 Å². The van der Waals surface area contributed by atoms with E-state index in [9.17, 15) is 13.2 Å². The zero-order chi connectivity index (χ0) is 18.0. The molecule has 0 spiro atoms. The lowest BCUT2D eigenvalue weighted by molar-refractivity contribution is -0.126. The Morgan fingerprint density at radius 1 is 1.24 bits per heavy atom. The molecule has 2 aliphatic rings. The molecule has 1 fully saturated rings. The van der Waals surface area contributed by atoms with E-state index in [2.05, 4.69) is 23.5 Å². The van der Waals surface area contributed by atoms with Gasteiger partial charge < -0.3 is 5.32 Å². The van der Waals surface area contributed by atoms with Crippen LogP contribution in [0, 0.1) is 5.92 Å². The van der Waals surface area contributed by atoms with Crippen LogP contribution in [0.1, 0.15) is 55.8 Å². The fraction of sp³-hybridized carbons (Fsp3) is 0.632. The molecule has 5 nitrogen and oxygen atoms in total. The number of hydrogen-bond acceptors (Lipinski definition) is 3. The van der Waals surface area contributed by atoms with E-state index >= 15 is 0 Å². The number of benzene rings is 1. The van der Waals surface area contributed by atoms with Crippen molar-refractivity contribution >= 4 is 15.9 Å². The second-order valence-corrected chi connectivity index (χ2v) is 9.44. The summed E-state index contributed by atoms with van der Waals surface area (Å²) in [6.07, 6.45) is 4.71. The van der Waals surface area contributed by atoms with Crippen LogP contribution in [0.15, 0.2) is 18.2 Å². The van der Waals surface area contributed by atoms with Crippen molar-refractivity contribution in [3.8, 4) is 0 Å². The zero-order valence-electron chi connectivity index (χ0n) is 15.1. The Bertz CT molecular complexity index is 737. The van der Waals surface area contributed by atoms with E-state index in [0.29, 0.717) is 25.9 Å². The number of piperidine rings is 1. The average Bonchev–Trinajstić information content (AvgIpc) is 3.09. The highest BCUT2D eigenvalue weighted by atomic mass is 32.2. The molecule has 1 aliphatic heterocycles. The Balaban J connectivity index is 1.56. The molecule has 1 N–H and O–H groups in total. The highest BCUT2D eigenvalue weighted by Crippen LogP contribution is 2.26. The smallest absolute Gasteiger partial charge is 0.223 e. The first-order chi connectivity index (χ1) is 11.9. The van der Waals surface area contributed by atoms with Crippen molar-refractivity contribution in [3.63, 3.8) is 0 Å². The van der Waals surface area contributed by atoms with Gasteiger partial charge in [-0.25, -0.2) is 12.7 Å². The highest BCUT2D eigenvalue weighted by molar-refractivity contribution is 7.89. The number of amides is 1. The van der Waals surface area contributed by atoms with Crippen LogP contribution in [0.3, 0.4) is 0 Å². The van der Waals surface area contributed by atoms with Crippen LogP contribution in [-0.4, -0.2) is 37.5 Å². The molecule has 1 amide bonds. The van der Waals surface area contributed by atoms with Gasteiger partial charge in [0.15, 0.2) is 0 Å². The summed E-state index contributed by atoms with van der Waals surface area (Å²) in [5.41, 5.74) is 4.00. The third kappa shape index (κ3) is 4.06. The molecule has 1 heterocycles. The first kappa shape index (κ1) is 18.4. The minimum absolute atomic E-state index is 0.0178. The molecule has 0 bridgehead atoms. The summed E-state index contributed by atoms with van der Waals surface area (Å²) in [6.45, 7) is 4.57. The predicted octanol–water partition coefficient (Wildman–Crippen LogP) is 2.41. The minimum Gasteiger partial charge on any atom is -0.349 e. The van der Waals surface area contributed by atoms with Crippen molar-refractivity contribution in [1.29, 1.82) is 0 Å². The van der Waals surface area contributed by atoms with Gasteiger partial charge >= 0.3 is 0 Å². The second kappa shape index (κ2) is 7.46. The molecule has 0 radical (unpaired) electrons. The lowest BCUT2D eigenvalue weighted by atomic mass is 9.96. The summed E-state index contributed by atoms with van der Waals surface area (Å²) in [5, 5.41) is 3.12. The first-order valence-corrected chi connectivity index (χ1v) is 10.9. The zero-order valence-corrected chi connectivity index (χ0v) is 15.9. The third-order valence-corrected chi connectivity index (χ3v) is 7.45. The lowest BCUT2D eigenvalue weighted by Gasteiger charge is -2.31. The number of fused-ring (bicyclic) bond motifs is 1. The molecular weight excluding hydrogens is 336 g/mol. The van der Waals surface area contributed by atoms with Gasteiger partial charge in [-0.15, -0.1) is 0 Å². The van der Waals surface area contributed by atoms with E-state index in [1.807, 2.05) is 6.92 Å². The van der Waals surface area contributed by atoms with Crippen molar-refractivity contribution in [2.24, 2.45) is 5.92 Å². The van der Waals surface area contributed by atoms with Crippen molar-refractivity contribution in [2.75, 3.05) is 18.8 Å². The molecule has 0 unspecified atom stereocenters. The number of sulfonamides is 1. The van der Waals surface area contributed by atoms with E-state index < -0.39 is 10.0 Å². The summed E-state index contributed by atoms with van der Waals surface area (Å²) < 4.78 is 25.3. The molecule has 1 aromatic rings. The van der Waals surface area contributed by atoms with Crippen molar-refractivity contribution < 1.29 is 13.2 Å². The molecule has 6 heteroatoms. The van der Waals surface area contributed by atoms with E-state index in [1.54, 1.807) is 6.92 Å². The van der Waals surface area contributed by atoms with Gasteiger partial charge in [0, 0.05) is 19.0 Å². The molecule has 1 aromatic carbocycles. The summed E-state index contributed by atoms with van der Waals surface area (Å²) >= 11 is 0. The quantitative estimate of drug-likeness (QED) is 0.872. The number of aryl methyl sites for hydroxylation is 2. The SMILES string of the molecule is CCS(=O)(=O)N1CCC(C(=O)N[C@@H](C)c2ccc3c(c2)CCC3)CC1. The molecule has 3 rings (SSSR count). The van der Waals surface area contributed by atoms with Gasteiger partial charge in [-0.05, 0) is 62.6 Å². The van der Waals surface area contributed by atoms with Gasteiger partial charge in [0.1, 0.15) is 0 Å². The molecule has 25 heavy (non-hydrogen) atoms. The molecule has 0 saturated carbocycles. The number of nitrogens with zero attached hydrogens (tertiary/aromatic N) is 1.